The zero-order chi connectivity index (χ0) is 8.97. The van der Waals surface area contributed by atoms with Gasteiger partial charge in [0.15, 0.2) is 0 Å². The van der Waals surface area contributed by atoms with Gasteiger partial charge in [0.2, 0.25) is 0 Å². The molecule has 1 aromatic rings. The molecule has 0 radical (unpaired) electrons. The van der Waals surface area contributed by atoms with Gasteiger partial charge in [-0.3, -0.25) is 4.31 Å². The van der Waals surface area contributed by atoms with Crippen LogP contribution in [-0.4, -0.2) is 11.4 Å². The summed E-state index contributed by atoms with van der Waals surface area (Å²) in [4.78, 5) is 0. The summed E-state index contributed by atoms with van der Waals surface area (Å²) in [5.74, 6) is 0. The zero-order valence-electron chi connectivity index (χ0n) is 6.86. The topological polar surface area (TPSA) is 27.0 Å². The second-order valence-electron chi connectivity index (χ2n) is 2.62. The van der Waals surface area contributed by atoms with E-state index in [-0.39, 0.29) is 0 Å². The molecule has 2 nitrogen and oxygen atoms in total. The third-order valence-corrected chi connectivity index (χ3v) is 1.64. The Labute approximate surface area is 78.0 Å². The molecular weight excluding hydrogens is 168 g/mol. The Hall–Kier alpha value is -0.980. The molecule has 0 atom stereocenters. The molecule has 1 aromatic carbocycles. The molecule has 0 aliphatic rings. The first-order valence-corrected chi connectivity index (χ1v) is 4.01. The van der Waals surface area contributed by atoms with Gasteiger partial charge in [0, 0.05) is 6.54 Å². The lowest BCUT2D eigenvalue weighted by Crippen LogP contribution is -2.03. The Morgan fingerprint density at radius 1 is 1.42 bits per heavy atom. The van der Waals surface area contributed by atoms with Crippen LogP contribution >= 0.6 is 12.8 Å². The summed E-state index contributed by atoms with van der Waals surface area (Å²) in [6.07, 6.45) is 0. The van der Waals surface area contributed by atoms with Crippen molar-refractivity contribution in [2.24, 2.45) is 0 Å². The number of benzene rings is 1. The molecule has 1 rings (SSSR count). The van der Waals surface area contributed by atoms with E-state index in [0.29, 0.717) is 5.56 Å². The fourth-order valence-electron chi connectivity index (χ4n) is 0.949. The van der Waals surface area contributed by atoms with E-state index in [9.17, 15) is 0 Å². The summed E-state index contributed by atoms with van der Waals surface area (Å²) in [6.45, 7) is 0.787. The average Bonchev–Trinajstić information content (AvgIpc) is 2.05. The monoisotopic (exact) mass is 178 g/mol. The van der Waals surface area contributed by atoms with E-state index >= 15 is 0 Å². The standard InChI is InChI=1S/C9H10N2S/c1-11(12)7-9-4-2-8(6-10)3-5-9/h2-5,12H,7H2,1H3. The average molecular weight is 178 g/mol. The van der Waals surface area contributed by atoms with Crippen LogP contribution in [0.2, 0.25) is 0 Å². The lowest BCUT2D eigenvalue weighted by Gasteiger charge is -2.07. The van der Waals surface area contributed by atoms with Crippen molar-refractivity contribution in [3.05, 3.63) is 35.4 Å². The molecule has 0 heterocycles. The minimum Gasteiger partial charge on any atom is -0.252 e. The number of hydrogen-bond acceptors (Lipinski definition) is 3. The molecule has 0 aliphatic carbocycles. The van der Waals surface area contributed by atoms with Crippen LogP contribution in [-0.2, 0) is 6.54 Å². The molecular formula is C9H10N2S. The van der Waals surface area contributed by atoms with Gasteiger partial charge in [0.25, 0.3) is 0 Å². The van der Waals surface area contributed by atoms with E-state index in [4.69, 9.17) is 5.26 Å². The molecule has 0 saturated heterocycles. The molecule has 0 saturated carbocycles. The van der Waals surface area contributed by atoms with Crippen molar-refractivity contribution in [3.8, 4) is 6.07 Å². The highest BCUT2D eigenvalue weighted by Crippen LogP contribution is 2.06. The summed E-state index contributed by atoms with van der Waals surface area (Å²) in [5.41, 5.74) is 1.85. The van der Waals surface area contributed by atoms with Crippen molar-refractivity contribution in [2.75, 3.05) is 7.05 Å². The molecule has 0 aromatic heterocycles. The molecule has 0 N–H and O–H groups in total. The fourth-order valence-corrected chi connectivity index (χ4v) is 1.11. The molecule has 0 bridgehead atoms. The Bertz CT molecular complexity index is 284. The smallest absolute Gasteiger partial charge is 0.0991 e. The zero-order valence-corrected chi connectivity index (χ0v) is 7.75. The molecule has 3 heteroatoms. The molecule has 0 aliphatic heterocycles. The number of rotatable bonds is 2. The van der Waals surface area contributed by atoms with Crippen molar-refractivity contribution in [1.82, 2.24) is 4.31 Å². The summed E-state index contributed by atoms with van der Waals surface area (Å²) < 4.78 is 1.79. The summed E-state index contributed by atoms with van der Waals surface area (Å²) in [5, 5.41) is 8.53. The van der Waals surface area contributed by atoms with Crippen molar-refractivity contribution in [2.45, 2.75) is 6.54 Å². The lowest BCUT2D eigenvalue weighted by molar-refractivity contribution is 0.572. The Balaban J connectivity index is 2.73. The van der Waals surface area contributed by atoms with Gasteiger partial charge in [-0.1, -0.05) is 24.9 Å². The van der Waals surface area contributed by atoms with Gasteiger partial charge in [-0.05, 0) is 24.7 Å². The van der Waals surface area contributed by atoms with Crippen LogP contribution in [0.5, 0.6) is 0 Å². The van der Waals surface area contributed by atoms with Crippen molar-refractivity contribution in [3.63, 3.8) is 0 Å². The predicted molar refractivity (Wildman–Crippen MR) is 51.6 cm³/mol. The summed E-state index contributed by atoms with van der Waals surface area (Å²) >= 11 is 4.13. The fraction of sp³-hybridized carbons (Fsp3) is 0.222. The summed E-state index contributed by atoms with van der Waals surface area (Å²) in [7, 11) is 1.89. The maximum atomic E-state index is 8.53. The Kier molecular flexibility index (Phi) is 3.15. The van der Waals surface area contributed by atoms with Gasteiger partial charge in [0.1, 0.15) is 0 Å². The first-order valence-electron chi connectivity index (χ1n) is 3.61. The van der Waals surface area contributed by atoms with Crippen LogP contribution in [0.1, 0.15) is 11.1 Å². The second kappa shape index (κ2) is 4.15. The minimum absolute atomic E-state index is 0.695. The number of nitrogens with zero attached hydrogens (tertiary/aromatic N) is 2. The van der Waals surface area contributed by atoms with E-state index in [1.165, 1.54) is 0 Å². The molecule has 62 valence electrons. The van der Waals surface area contributed by atoms with E-state index in [1.54, 1.807) is 4.31 Å². The number of thiol groups is 1. The van der Waals surface area contributed by atoms with E-state index in [0.717, 1.165) is 12.1 Å². The minimum atomic E-state index is 0.695. The quantitative estimate of drug-likeness (QED) is 0.699. The first-order chi connectivity index (χ1) is 5.72. The highest BCUT2D eigenvalue weighted by molar-refractivity contribution is 7.77. The number of nitriles is 1. The third-order valence-electron chi connectivity index (χ3n) is 1.49. The van der Waals surface area contributed by atoms with Gasteiger partial charge in [-0.25, -0.2) is 0 Å². The van der Waals surface area contributed by atoms with Gasteiger partial charge < -0.3 is 0 Å². The van der Waals surface area contributed by atoms with Gasteiger partial charge in [-0.2, -0.15) is 5.26 Å². The lowest BCUT2D eigenvalue weighted by atomic mass is 10.1. The molecule has 0 unspecified atom stereocenters. The van der Waals surface area contributed by atoms with Crippen LogP contribution in [0.4, 0.5) is 0 Å². The Morgan fingerprint density at radius 2 is 2.00 bits per heavy atom. The SMILES string of the molecule is CN(S)Cc1ccc(C#N)cc1. The van der Waals surface area contributed by atoms with Crippen LogP contribution in [0.25, 0.3) is 0 Å². The summed E-state index contributed by atoms with van der Waals surface area (Å²) in [6, 6.07) is 9.57. The Morgan fingerprint density at radius 3 is 2.42 bits per heavy atom. The first kappa shape index (κ1) is 9.11. The van der Waals surface area contributed by atoms with Crippen molar-refractivity contribution in [1.29, 1.82) is 5.26 Å². The largest absolute Gasteiger partial charge is 0.252 e. The molecule has 0 spiro atoms. The van der Waals surface area contributed by atoms with Crippen LogP contribution in [0.3, 0.4) is 0 Å². The number of hydrogen-bond donors (Lipinski definition) is 1. The molecule has 12 heavy (non-hydrogen) atoms. The van der Waals surface area contributed by atoms with Gasteiger partial charge in [0.05, 0.1) is 11.6 Å². The normalized spacial score (nSPS) is 9.83. The van der Waals surface area contributed by atoms with Gasteiger partial charge >= 0.3 is 0 Å². The second-order valence-corrected chi connectivity index (χ2v) is 3.31. The predicted octanol–water partition coefficient (Wildman–Crippen LogP) is 1.83. The van der Waals surface area contributed by atoms with Crippen LogP contribution < -0.4 is 0 Å². The maximum absolute atomic E-state index is 8.53. The van der Waals surface area contributed by atoms with E-state index < -0.39 is 0 Å². The highest BCUT2D eigenvalue weighted by atomic mass is 32.1. The van der Waals surface area contributed by atoms with Gasteiger partial charge in [-0.15, -0.1) is 0 Å². The maximum Gasteiger partial charge on any atom is 0.0991 e. The van der Waals surface area contributed by atoms with Crippen molar-refractivity contribution < 1.29 is 0 Å². The molecule has 0 fully saturated rings. The van der Waals surface area contributed by atoms with E-state index in [2.05, 4.69) is 18.9 Å². The van der Waals surface area contributed by atoms with Crippen LogP contribution in [0, 0.1) is 11.3 Å². The molecule has 0 amide bonds. The third kappa shape index (κ3) is 2.57. The highest BCUT2D eigenvalue weighted by Gasteiger charge is 1.95. The van der Waals surface area contributed by atoms with Crippen molar-refractivity contribution >= 4 is 12.8 Å². The van der Waals surface area contributed by atoms with Crippen LogP contribution in [0.15, 0.2) is 24.3 Å². The van der Waals surface area contributed by atoms with E-state index in [1.807, 2.05) is 31.3 Å².